The predicted molar refractivity (Wildman–Crippen MR) is 141 cm³/mol. The lowest BCUT2D eigenvalue weighted by Gasteiger charge is -2.33. The van der Waals surface area contributed by atoms with E-state index in [9.17, 15) is 18.0 Å². The van der Waals surface area contributed by atoms with Gasteiger partial charge in [-0.1, -0.05) is 18.5 Å². The standard InChI is InChI=1S/C26H28ClF3N6O2/c1-13-7-15(28)11-36(10-13)25-31-9-18(27)23(34-25)32-16-5-6-19-17(8-16)20-21(24(37)35(19)2)38-12-26(29,30)22(33-20)14-3-4-14/h5-6,8-9,13-15,22,33H,3-4,7,10-12H2,1-2H3,(H,31,32,34)/t13-,15+,22?/m1/s1. The third-order valence-corrected chi connectivity index (χ3v) is 7.77. The van der Waals surface area contributed by atoms with Gasteiger partial charge >= 0.3 is 5.92 Å². The minimum absolute atomic E-state index is 0.123. The first kappa shape index (κ1) is 25.1. The van der Waals surface area contributed by atoms with Gasteiger partial charge in [0.1, 0.15) is 11.2 Å². The van der Waals surface area contributed by atoms with E-state index in [0.717, 1.165) is 0 Å². The number of piperidine rings is 1. The van der Waals surface area contributed by atoms with Crippen molar-refractivity contribution in [2.24, 2.45) is 18.9 Å². The summed E-state index contributed by atoms with van der Waals surface area (Å²) in [6.45, 7) is 1.97. The number of benzene rings is 1. The number of nitrogens with zero attached hydrogens (tertiary/aromatic N) is 4. The Labute approximate surface area is 222 Å². The molecule has 3 aliphatic rings. The number of hydrogen-bond donors (Lipinski definition) is 2. The van der Waals surface area contributed by atoms with Crippen molar-refractivity contribution in [1.29, 1.82) is 0 Å². The van der Waals surface area contributed by atoms with Gasteiger partial charge in [-0.25, -0.2) is 18.2 Å². The summed E-state index contributed by atoms with van der Waals surface area (Å²) >= 11 is 6.39. The molecule has 1 unspecified atom stereocenters. The maximum atomic E-state index is 14.9. The normalized spacial score (nSPS) is 24.8. The van der Waals surface area contributed by atoms with Crippen LogP contribution in [0.5, 0.6) is 5.75 Å². The summed E-state index contributed by atoms with van der Waals surface area (Å²) in [5.74, 6) is -2.57. The van der Waals surface area contributed by atoms with E-state index in [1.807, 2.05) is 6.92 Å². The van der Waals surface area contributed by atoms with Gasteiger partial charge < -0.3 is 24.8 Å². The lowest BCUT2D eigenvalue weighted by Crippen LogP contribution is -2.44. The summed E-state index contributed by atoms with van der Waals surface area (Å²) in [4.78, 5) is 23.7. The van der Waals surface area contributed by atoms with Crippen LogP contribution in [-0.4, -0.2) is 52.4 Å². The monoisotopic (exact) mass is 548 g/mol. The van der Waals surface area contributed by atoms with Crippen molar-refractivity contribution < 1.29 is 17.9 Å². The largest absolute Gasteiger partial charge is 0.480 e. The number of anilines is 4. The molecule has 202 valence electrons. The van der Waals surface area contributed by atoms with Crippen LogP contribution in [0.3, 0.4) is 0 Å². The zero-order chi connectivity index (χ0) is 26.8. The zero-order valence-electron chi connectivity index (χ0n) is 21.0. The number of aryl methyl sites for hydroxylation is 1. The third kappa shape index (κ3) is 4.50. The molecular formula is C26H28ClF3N6O2. The molecule has 12 heteroatoms. The molecule has 2 N–H and O–H groups in total. The fourth-order valence-electron chi connectivity index (χ4n) is 5.46. The molecule has 2 aromatic heterocycles. The number of hydrogen-bond acceptors (Lipinski definition) is 7. The van der Waals surface area contributed by atoms with Crippen molar-refractivity contribution in [1.82, 2.24) is 14.5 Å². The van der Waals surface area contributed by atoms with E-state index in [1.54, 1.807) is 30.1 Å². The lowest BCUT2D eigenvalue weighted by atomic mass is 9.99. The Bertz CT molecular complexity index is 1450. The molecule has 3 atom stereocenters. The predicted octanol–water partition coefficient (Wildman–Crippen LogP) is 5.13. The fraction of sp³-hybridized carbons (Fsp3) is 0.500. The number of aromatic nitrogens is 3. The molecule has 0 spiro atoms. The van der Waals surface area contributed by atoms with Gasteiger partial charge in [0.15, 0.2) is 12.4 Å². The molecule has 2 aliphatic heterocycles. The number of fused-ring (bicyclic) bond motifs is 3. The van der Waals surface area contributed by atoms with E-state index < -0.39 is 30.3 Å². The van der Waals surface area contributed by atoms with E-state index in [2.05, 4.69) is 20.6 Å². The highest BCUT2D eigenvalue weighted by Gasteiger charge is 2.51. The van der Waals surface area contributed by atoms with Gasteiger partial charge in [-0.05, 0) is 49.3 Å². The topological polar surface area (TPSA) is 84.3 Å². The van der Waals surface area contributed by atoms with Crippen molar-refractivity contribution in [3.63, 3.8) is 0 Å². The highest BCUT2D eigenvalue weighted by atomic mass is 35.5. The van der Waals surface area contributed by atoms with Crippen LogP contribution in [0.25, 0.3) is 10.9 Å². The molecule has 4 heterocycles. The number of halogens is 4. The second-order valence-corrected chi connectivity index (χ2v) is 11.1. The molecular weight excluding hydrogens is 521 g/mol. The molecule has 6 rings (SSSR count). The Morgan fingerprint density at radius 2 is 2.05 bits per heavy atom. The van der Waals surface area contributed by atoms with Crippen LogP contribution in [0.1, 0.15) is 26.2 Å². The van der Waals surface area contributed by atoms with Gasteiger partial charge in [0.25, 0.3) is 5.56 Å². The van der Waals surface area contributed by atoms with Crippen LogP contribution >= 0.6 is 11.6 Å². The van der Waals surface area contributed by atoms with Crippen molar-refractivity contribution in [3.05, 3.63) is 39.8 Å². The summed E-state index contributed by atoms with van der Waals surface area (Å²) < 4.78 is 50.8. The Morgan fingerprint density at radius 1 is 1.26 bits per heavy atom. The number of nitrogens with one attached hydrogen (secondary N) is 2. The lowest BCUT2D eigenvalue weighted by molar-refractivity contribution is -0.0579. The average Bonchev–Trinajstić information content (AvgIpc) is 3.71. The molecule has 0 radical (unpaired) electrons. The first-order valence-electron chi connectivity index (χ1n) is 12.7. The molecule has 1 aliphatic carbocycles. The molecule has 1 saturated heterocycles. The number of alkyl halides is 3. The SMILES string of the molecule is C[C@@H]1C[C@H](F)CN(c2ncc(Cl)c(Nc3ccc4c(c3)c3c(c(=O)n4C)OCC(F)(F)C(C4CC4)N3)n2)C1. The molecule has 0 bridgehead atoms. The van der Waals surface area contributed by atoms with Gasteiger partial charge in [0.2, 0.25) is 11.7 Å². The highest BCUT2D eigenvalue weighted by molar-refractivity contribution is 6.32. The van der Waals surface area contributed by atoms with Crippen molar-refractivity contribution >= 4 is 45.6 Å². The van der Waals surface area contributed by atoms with Crippen LogP contribution in [0.15, 0.2) is 29.2 Å². The Morgan fingerprint density at radius 3 is 2.79 bits per heavy atom. The van der Waals surface area contributed by atoms with Crippen LogP contribution < -0.4 is 25.8 Å². The van der Waals surface area contributed by atoms with Crippen LogP contribution in [-0.2, 0) is 7.05 Å². The van der Waals surface area contributed by atoms with Crippen molar-refractivity contribution in [3.8, 4) is 5.75 Å². The minimum atomic E-state index is -3.12. The minimum Gasteiger partial charge on any atom is -0.480 e. The summed E-state index contributed by atoms with van der Waals surface area (Å²) in [7, 11) is 1.58. The van der Waals surface area contributed by atoms with Gasteiger partial charge in [-0.2, -0.15) is 4.98 Å². The molecule has 8 nitrogen and oxygen atoms in total. The molecule has 38 heavy (non-hydrogen) atoms. The first-order chi connectivity index (χ1) is 18.1. The smallest absolute Gasteiger partial charge is 0.301 e. The van der Waals surface area contributed by atoms with Gasteiger partial charge in [0.05, 0.1) is 30.0 Å². The average molecular weight is 549 g/mol. The van der Waals surface area contributed by atoms with Crippen LogP contribution in [0, 0.1) is 11.8 Å². The second kappa shape index (κ2) is 9.21. The van der Waals surface area contributed by atoms with Gasteiger partial charge in [-0.3, -0.25) is 4.79 Å². The van der Waals surface area contributed by atoms with E-state index >= 15 is 0 Å². The van der Waals surface area contributed by atoms with E-state index in [4.69, 9.17) is 16.3 Å². The van der Waals surface area contributed by atoms with E-state index in [-0.39, 0.29) is 34.8 Å². The maximum Gasteiger partial charge on any atom is 0.301 e. The third-order valence-electron chi connectivity index (χ3n) is 7.50. The van der Waals surface area contributed by atoms with Crippen molar-refractivity contribution in [2.75, 3.05) is 35.2 Å². The van der Waals surface area contributed by atoms with Crippen molar-refractivity contribution in [2.45, 2.75) is 44.3 Å². The Hall–Kier alpha value is -3.21. The summed E-state index contributed by atoms with van der Waals surface area (Å²) in [6.07, 6.45) is 2.41. The van der Waals surface area contributed by atoms with E-state index in [1.165, 1.54) is 10.8 Å². The molecule has 3 aromatic rings. The Balaban J connectivity index is 1.38. The summed E-state index contributed by atoms with van der Waals surface area (Å²) in [5, 5.41) is 6.97. The highest BCUT2D eigenvalue weighted by Crippen LogP contribution is 2.45. The first-order valence-corrected chi connectivity index (χ1v) is 13.1. The van der Waals surface area contributed by atoms with Gasteiger partial charge in [0, 0.05) is 24.7 Å². The number of pyridine rings is 1. The quantitative estimate of drug-likeness (QED) is 0.468. The van der Waals surface area contributed by atoms with Crippen LogP contribution in [0.2, 0.25) is 5.02 Å². The van der Waals surface area contributed by atoms with E-state index in [0.29, 0.717) is 54.2 Å². The van der Waals surface area contributed by atoms with Crippen LogP contribution in [0.4, 0.5) is 36.3 Å². The molecule has 1 saturated carbocycles. The summed E-state index contributed by atoms with van der Waals surface area (Å²) in [5.41, 5.74) is 0.895. The Kier molecular flexibility index (Phi) is 6.08. The molecule has 1 aromatic carbocycles. The molecule has 2 fully saturated rings. The maximum absolute atomic E-state index is 14.9. The number of ether oxygens (including phenoxy) is 1. The number of rotatable bonds is 4. The molecule has 0 amide bonds. The fourth-order valence-corrected chi connectivity index (χ4v) is 5.60. The van der Waals surface area contributed by atoms with Gasteiger partial charge in [-0.15, -0.1) is 0 Å². The summed E-state index contributed by atoms with van der Waals surface area (Å²) in [6, 6.07) is 4.10. The zero-order valence-corrected chi connectivity index (χ0v) is 21.7. The second-order valence-electron chi connectivity index (χ2n) is 10.6.